The van der Waals surface area contributed by atoms with Crippen LogP contribution in [-0.2, 0) is 52.3 Å². The lowest BCUT2D eigenvalue weighted by Gasteiger charge is -2.52. The second-order valence-electron chi connectivity index (χ2n) is 19.5. The highest BCUT2D eigenvalue weighted by Crippen LogP contribution is 2.46. The summed E-state index contributed by atoms with van der Waals surface area (Å²) in [4.78, 5) is 46.1. The SMILES string of the molecule is CC[C@H]1OC(=O)[C@H](C)[C@@H](C2C[C@@](C)(OC)[C@@H](OC(=O)CCN3CCOCC3)[C@H](C)O2)[C@H](C)[C@@H](O[C@@H]2O[C@H](C)C[C@H](N(C)C)[C@H]2O)[C@](C)(OC)C[C@@H](C)C(=O)N[C@H](C)[C@@H](O)[C@]1(C)O. The van der Waals surface area contributed by atoms with Gasteiger partial charge in [0.15, 0.2) is 12.4 Å². The van der Waals surface area contributed by atoms with Crippen LogP contribution in [0, 0.1) is 23.7 Å². The summed E-state index contributed by atoms with van der Waals surface area (Å²) in [5.74, 6) is -4.45. The minimum absolute atomic E-state index is 0.113. The molecule has 0 aromatic carbocycles. The Balaban J connectivity index is 1.82. The number of esters is 2. The van der Waals surface area contributed by atoms with Gasteiger partial charge >= 0.3 is 11.9 Å². The summed E-state index contributed by atoms with van der Waals surface area (Å²) in [5.41, 5.74) is -4.28. The Morgan fingerprint density at radius 3 is 2.13 bits per heavy atom. The van der Waals surface area contributed by atoms with Crippen molar-refractivity contribution in [2.45, 2.75) is 185 Å². The van der Waals surface area contributed by atoms with Crippen LogP contribution in [0.5, 0.6) is 0 Å². The van der Waals surface area contributed by atoms with Gasteiger partial charge in [-0.2, -0.15) is 0 Å². The average molecular weight is 888 g/mol. The van der Waals surface area contributed by atoms with Gasteiger partial charge in [0.1, 0.15) is 29.5 Å². The number of amides is 1. The second kappa shape index (κ2) is 22.0. The van der Waals surface area contributed by atoms with Crippen molar-refractivity contribution in [3.8, 4) is 0 Å². The fourth-order valence-electron chi connectivity index (χ4n) is 10.4. The molecule has 4 rings (SSSR count). The molecule has 0 aliphatic carbocycles. The third-order valence-corrected chi connectivity index (χ3v) is 14.5. The van der Waals surface area contributed by atoms with Crippen LogP contribution in [-0.4, -0.2) is 188 Å². The number of carbonyl (C=O) groups is 3. The number of likely N-dealkylation sites (N-methyl/N-ethyl adjacent to an activating group) is 1. The molecule has 0 aromatic rings. The number of methoxy groups -OCH3 is 2. The molecule has 17 heteroatoms. The largest absolute Gasteiger partial charge is 0.459 e. The first-order valence-electron chi connectivity index (χ1n) is 22.8. The first-order valence-corrected chi connectivity index (χ1v) is 22.8. The van der Waals surface area contributed by atoms with Crippen LogP contribution in [0.25, 0.3) is 0 Å². The third-order valence-electron chi connectivity index (χ3n) is 14.5. The number of ether oxygens (including phenoxy) is 8. The lowest BCUT2D eigenvalue weighted by molar-refractivity contribution is -0.304. The number of rotatable bonds is 11. The quantitative estimate of drug-likeness (QED) is 0.220. The Morgan fingerprint density at radius 2 is 1.55 bits per heavy atom. The zero-order chi connectivity index (χ0) is 46.5. The summed E-state index contributed by atoms with van der Waals surface area (Å²) >= 11 is 0. The summed E-state index contributed by atoms with van der Waals surface area (Å²) in [6.45, 7) is 20.8. The van der Waals surface area contributed by atoms with Gasteiger partial charge in [-0.05, 0) is 80.8 Å². The zero-order valence-electron chi connectivity index (χ0n) is 40.0. The number of hydrogen-bond donors (Lipinski definition) is 4. The molecule has 1 amide bonds. The van der Waals surface area contributed by atoms with Crippen LogP contribution < -0.4 is 5.32 Å². The van der Waals surface area contributed by atoms with Crippen LogP contribution in [0.2, 0.25) is 0 Å². The maximum absolute atomic E-state index is 14.7. The number of morpholine rings is 1. The Bertz CT molecular complexity index is 1470. The molecule has 0 aromatic heterocycles. The van der Waals surface area contributed by atoms with E-state index in [1.165, 1.54) is 14.0 Å². The summed E-state index contributed by atoms with van der Waals surface area (Å²) < 4.78 is 50.6. The zero-order valence-corrected chi connectivity index (χ0v) is 40.0. The van der Waals surface area contributed by atoms with Gasteiger partial charge in [-0.15, -0.1) is 0 Å². The van der Waals surface area contributed by atoms with Crippen LogP contribution >= 0.6 is 0 Å². The van der Waals surface area contributed by atoms with Crippen molar-refractivity contribution in [1.82, 2.24) is 15.1 Å². The van der Waals surface area contributed by atoms with Gasteiger partial charge in [0.05, 0.1) is 61.6 Å². The summed E-state index contributed by atoms with van der Waals surface area (Å²) in [6, 6.07) is -1.22. The van der Waals surface area contributed by atoms with Gasteiger partial charge in [-0.1, -0.05) is 27.7 Å². The van der Waals surface area contributed by atoms with Gasteiger partial charge in [-0.25, -0.2) is 0 Å². The first kappa shape index (κ1) is 52.6. The van der Waals surface area contributed by atoms with Crippen molar-refractivity contribution in [3.63, 3.8) is 0 Å². The van der Waals surface area contributed by atoms with Crippen molar-refractivity contribution < 1.29 is 67.6 Å². The van der Waals surface area contributed by atoms with Crippen LogP contribution in [0.4, 0.5) is 0 Å². The molecule has 4 aliphatic heterocycles. The van der Waals surface area contributed by atoms with Crippen molar-refractivity contribution in [3.05, 3.63) is 0 Å². The molecule has 0 radical (unpaired) electrons. The van der Waals surface area contributed by atoms with Crippen molar-refractivity contribution in [2.75, 3.05) is 61.2 Å². The van der Waals surface area contributed by atoms with E-state index in [1.54, 1.807) is 34.8 Å². The molecule has 0 spiro atoms. The normalized spacial score (nSPS) is 44.8. The van der Waals surface area contributed by atoms with Crippen molar-refractivity contribution >= 4 is 17.8 Å². The molecule has 4 fully saturated rings. The summed E-state index contributed by atoms with van der Waals surface area (Å²) in [6.07, 6.45) is -7.10. The number of nitrogens with one attached hydrogen (secondary N) is 1. The van der Waals surface area contributed by atoms with E-state index in [-0.39, 0.29) is 43.8 Å². The number of nitrogens with zero attached hydrogens (tertiary/aromatic N) is 2. The van der Waals surface area contributed by atoms with Crippen LogP contribution in [0.3, 0.4) is 0 Å². The predicted octanol–water partition coefficient (Wildman–Crippen LogP) is 2.29. The second-order valence-corrected chi connectivity index (χ2v) is 19.5. The van der Waals surface area contributed by atoms with E-state index in [0.29, 0.717) is 26.2 Å². The van der Waals surface area contributed by atoms with E-state index in [0.717, 1.165) is 13.1 Å². The molecule has 0 bridgehead atoms. The fraction of sp³-hybridized carbons (Fsp3) is 0.933. The minimum atomic E-state index is -1.95. The van der Waals surface area contributed by atoms with Gasteiger partial charge in [-0.3, -0.25) is 19.3 Å². The van der Waals surface area contributed by atoms with E-state index in [1.807, 2.05) is 53.6 Å². The van der Waals surface area contributed by atoms with Gasteiger partial charge in [0.25, 0.3) is 0 Å². The number of carbonyl (C=O) groups excluding carboxylic acids is 3. The molecule has 4 aliphatic rings. The van der Waals surface area contributed by atoms with Gasteiger partial charge in [0.2, 0.25) is 5.91 Å². The Labute approximate surface area is 370 Å². The Hall–Kier alpha value is -2.03. The molecule has 18 atom stereocenters. The van der Waals surface area contributed by atoms with Crippen molar-refractivity contribution in [2.24, 2.45) is 23.7 Å². The van der Waals surface area contributed by atoms with E-state index in [4.69, 9.17) is 37.9 Å². The number of hydrogen-bond acceptors (Lipinski definition) is 16. The molecular weight excluding hydrogens is 807 g/mol. The number of aliphatic hydroxyl groups excluding tert-OH is 2. The minimum Gasteiger partial charge on any atom is -0.459 e. The molecule has 17 nitrogen and oxygen atoms in total. The van der Waals surface area contributed by atoms with Crippen molar-refractivity contribution in [1.29, 1.82) is 0 Å². The topological polar surface area (TPSA) is 204 Å². The van der Waals surface area contributed by atoms with E-state index in [2.05, 4.69) is 10.2 Å². The van der Waals surface area contributed by atoms with Gasteiger partial charge < -0.3 is 63.4 Å². The van der Waals surface area contributed by atoms with Gasteiger partial charge in [0, 0.05) is 58.2 Å². The average Bonchev–Trinajstić information content (AvgIpc) is 3.22. The van der Waals surface area contributed by atoms with Crippen LogP contribution in [0.1, 0.15) is 101 Å². The summed E-state index contributed by atoms with van der Waals surface area (Å²) in [7, 11) is 6.87. The first-order chi connectivity index (χ1) is 28.9. The molecule has 62 heavy (non-hydrogen) atoms. The monoisotopic (exact) mass is 888 g/mol. The lowest BCUT2D eigenvalue weighted by atomic mass is 9.68. The number of aliphatic hydroxyl groups is 3. The van der Waals surface area contributed by atoms with Crippen LogP contribution in [0.15, 0.2) is 0 Å². The standard InChI is InChI=1S/C45H81N3O14/c1-15-33-45(10,54)37(51)29(6)46-40(52)25(2)23-43(8,55-13)38(62-42-36(50)31(47(11)12)22-26(3)58-42)27(4)35(28(5)41(53)60-33)32-24-44(9,56-14)39(30(7)59-32)61-34(49)16-17-48-18-20-57-21-19-48/h25-33,35-39,42,50-51,54H,15-24H2,1-14H3,(H,46,52)/t25-,26-,27+,28-,29-,30+,31+,32?,33-,35+,36-,37-,38-,39+,42+,43-,44-,45-/m1/s1. The highest BCUT2D eigenvalue weighted by Gasteiger charge is 2.56. The third kappa shape index (κ3) is 12.0. The smallest absolute Gasteiger partial charge is 0.309 e. The van der Waals surface area contributed by atoms with E-state index in [9.17, 15) is 29.7 Å². The highest BCUT2D eigenvalue weighted by molar-refractivity contribution is 5.78. The molecule has 4 heterocycles. The molecule has 4 saturated heterocycles. The lowest BCUT2D eigenvalue weighted by Crippen LogP contribution is -2.62. The number of cyclic esters (lactones) is 1. The molecule has 0 saturated carbocycles. The molecule has 4 N–H and O–H groups in total. The predicted molar refractivity (Wildman–Crippen MR) is 229 cm³/mol. The van der Waals surface area contributed by atoms with E-state index < -0.39 is 107 Å². The Kier molecular flexibility index (Phi) is 18.6. The maximum atomic E-state index is 14.7. The van der Waals surface area contributed by atoms with E-state index >= 15 is 0 Å². The maximum Gasteiger partial charge on any atom is 0.309 e. The Morgan fingerprint density at radius 1 is 0.935 bits per heavy atom. The molecule has 360 valence electrons. The molecule has 1 unspecified atom stereocenters. The highest BCUT2D eigenvalue weighted by atomic mass is 16.7. The fourth-order valence-corrected chi connectivity index (χ4v) is 10.4. The molecular formula is C45H81N3O14. The summed E-state index contributed by atoms with van der Waals surface area (Å²) in [5, 5.41) is 37.9.